The van der Waals surface area contributed by atoms with Gasteiger partial charge in [-0.15, -0.1) is 0 Å². The molecule has 0 saturated carbocycles. The van der Waals surface area contributed by atoms with Crippen LogP contribution in [0.4, 0.5) is 24.1 Å². The van der Waals surface area contributed by atoms with Gasteiger partial charge in [0.15, 0.2) is 5.13 Å². The summed E-state index contributed by atoms with van der Waals surface area (Å²) >= 11 is 0.657. The lowest BCUT2D eigenvalue weighted by Crippen LogP contribution is -2.39. The molecule has 0 atom stereocenters. The third-order valence-electron chi connectivity index (χ3n) is 3.58. The van der Waals surface area contributed by atoms with Gasteiger partial charge in [0.2, 0.25) is 0 Å². The Hall–Kier alpha value is -1.83. The summed E-state index contributed by atoms with van der Waals surface area (Å²) in [5, 5.41) is 3.44. The molecule has 1 fully saturated rings. The van der Waals surface area contributed by atoms with Crippen molar-refractivity contribution in [1.29, 1.82) is 0 Å². The number of anilines is 2. The Labute approximate surface area is 130 Å². The van der Waals surface area contributed by atoms with Crippen LogP contribution in [0.25, 0.3) is 0 Å². The van der Waals surface area contributed by atoms with Gasteiger partial charge in [0.25, 0.3) is 0 Å². The quantitative estimate of drug-likeness (QED) is 0.934. The van der Waals surface area contributed by atoms with Crippen LogP contribution in [0.5, 0.6) is 0 Å². The number of hydrogen-bond donors (Lipinski definition) is 1. The number of hydrogen-bond acceptors (Lipinski definition) is 5. The van der Waals surface area contributed by atoms with Crippen LogP contribution in [0.3, 0.4) is 0 Å². The summed E-state index contributed by atoms with van der Waals surface area (Å²) in [5.41, 5.74) is 0. The second kappa shape index (κ2) is 6.12. The molecule has 118 valence electrons. The van der Waals surface area contributed by atoms with Crippen LogP contribution < -0.4 is 10.2 Å². The zero-order valence-corrected chi connectivity index (χ0v) is 12.5. The molecule has 0 aliphatic carbocycles. The fourth-order valence-electron chi connectivity index (χ4n) is 2.44. The van der Waals surface area contributed by atoms with Crippen LogP contribution in [0.15, 0.2) is 30.6 Å². The van der Waals surface area contributed by atoms with Crippen molar-refractivity contribution in [2.24, 2.45) is 0 Å². The molecule has 4 nitrogen and oxygen atoms in total. The maximum atomic E-state index is 12.5. The molecule has 2 aromatic rings. The van der Waals surface area contributed by atoms with Crippen LogP contribution in [-0.2, 0) is 6.18 Å². The summed E-state index contributed by atoms with van der Waals surface area (Å²) in [6.45, 7) is 1.65. The molecule has 1 saturated heterocycles. The van der Waals surface area contributed by atoms with Crippen molar-refractivity contribution in [2.45, 2.75) is 25.1 Å². The minimum absolute atomic E-state index is 0.146. The number of rotatable bonds is 3. The zero-order chi connectivity index (χ0) is 15.6. The number of piperidine rings is 1. The highest BCUT2D eigenvalue weighted by atomic mass is 32.1. The summed E-state index contributed by atoms with van der Waals surface area (Å²) in [6, 6.07) is 5.93. The van der Waals surface area contributed by atoms with E-state index in [-0.39, 0.29) is 6.04 Å². The molecule has 0 bridgehead atoms. The standard InChI is InChI=1S/C14H15F3N4S/c15-14(16,17)11-9-19-13(22-11)20-10-4-7-21(8-5-10)12-3-1-2-6-18-12/h1-3,6,9-10H,4-5,7-8H2,(H,19,20). The lowest BCUT2D eigenvalue weighted by molar-refractivity contribution is -0.134. The topological polar surface area (TPSA) is 41.1 Å². The van der Waals surface area contributed by atoms with Gasteiger partial charge in [-0.25, -0.2) is 9.97 Å². The van der Waals surface area contributed by atoms with Crippen LogP contribution in [0.1, 0.15) is 17.7 Å². The Morgan fingerprint density at radius 1 is 1.18 bits per heavy atom. The molecule has 0 radical (unpaired) electrons. The molecular weight excluding hydrogens is 313 g/mol. The van der Waals surface area contributed by atoms with E-state index in [9.17, 15) is 13.2 Å². The summed E-state index contributed by atoms with van der Waals surface area (Å²) < 4.78 is 37.6. The van der Waals surface area contributed by atoms with E-state index >= 15 is 0 Å². The van der Waals surface area contributed by atoms with Gasteiger partial charge in [-0.1, -0.05) is 17.4 Å². The van der Waals surface area contributed by atoms with Crippen LogP contribution in [-0.4, -0.2) is 29.1 Å². The van der Waals surface area contributed by atoms with Gasteiger partial charge in [-0.2, -0.15) is 13.2 Å². The minimum atomic E-state index is -4.32. The van der Waals surface area contributed by atoms with Gasteiger partial charge >= 0.3 is 6.18 Å². The fourth-order valence-corrected chi connectivity index (χ4v) is 3.20. The van der Waals surface area contributed by atoms with Gasteiger partial charge in [0.05, 0.1) is 6.20 Å². The Morgan fingerprint density at radius 2 is 1.95 bits per heavy atom. The van der Waals surface area contributed by atoms with Crippen LogP contribution in [0.2, 0.25) is 0 Å². The van der Waals surface area contributed by atoms with E-state index in [0.29, 0.717) is 16.5 Å². The number of alkyl halides is 3. The number of nitrogens with one attached hydrogen (secondary N) is 1. The lowest BCUT2D eigenvalue weighted by Gasteiger charge is -2.33. The van der Waals surface area contributed by atoms with Gasteiger partial charge < -0.3 is 10.2 Å². The molecule has 3 heterocycles. The zero-order valence-electron chi connectivity index (χ0n) is 11.7. The number of aromatic nitrogens is 2. The first-order valence-electron chi connectivity index (χ1n) is 6.98. The van der Waals surface area contributed by atoms with E-state index < -0.39 is 11.1 Å². The van der Waals surface area contributed by atoms with Crippen molar-refractivity contribution in [1.82, 2.24) is 9.97 Å². The molecule has 22 heavy (non-hydrogen) atoms. The summed E-state index contributed by atoms with van der Waals surface area (Å²) in [4.78, 5) is 9.64. The molecule has 1 aliphatic heterocycles. The smallest absolute Gasteiger partial charge is 0.359 e. The van der Waals surface area contributed by atoms with E-state index in [0.717, 1.165) is 37.9 Å². The van der Waals surface area contributed by atoms with Gasteiger partial charge in [0.1, 0.15) is 10.7 Å². The molecule has 1 aliphatic rings. The minimum Gasteiger partial charge on any atom is -0.359 e. The Kier molecular flexibility index (Phi) is 4.19. The average Bonchev–Trinajstić information content (AvgIpc) is 2.98. The lowest BCUT2D eigenvalue weighted by atomic mass is 10.1. The highest BCUT2D eigenvalue weighted by Crippen LogP contribution is 2.35. The van der Waals surface area contributed by atoms with E-state index in [1.54, 1.807) is 6.20 Å². The second-order valence-corrected chi connectivity index (χ2v) is 6.15. The molecule has 3 rings (SSSR count). The monoisotopic (exact) mass is 328 g/mol. The molecule has 0 spiro atoms. The van der Waals surface area contributed by atoms with Crippen molar-refractivity contribution in [3.63, 3.8) is 0 Å². The Balaban J connectivity index is 1.55. The highest BCUT2D eigenvalue weighted by molar-refractivity contribution is 7.15. The number of thiazole rings is 1. The van der Waals surface area contributed by atoms with Gasteiger partial charge in [-0.3, -0.25) is 0 Å². The molecule has 0 unspecified atom stereocenters. The molecule has 2 aromatic heterocycles. The summed E-state index contributed by atoms with van der Waals surface area (Å²) in [7, 11) is 0. The summed E-state index contributed by atoms with van der Waals surface area (Å²) in [5.74, 6) is 0.939. The third kappa shape index (κ3) is 3.49. The molecule has 0 amide bonds. The van der Waals surface area contributed by atoms with E-state index in [2.05, 4.69) is 20.2 Å². The largest absolute Gasteiger partial charge is 0.427 e. The van der Waals surface area contributed by atoms with Crippen LogP contribution >= 0.6 is 11.3 Å². The average molecular weight is 328 g/mol. The number of halogens is 3. The summed E-state index contributed by atoms with van der Waals surface area (Å²) in [6.07, 6.45) is 0.0128. The normalized spacial score (nSPS) is 16.8. The first-order valence-corrected chi connectivity index (χ1v) is 7.79. The second-order valence-electron chi connectivity index (χ2n) is 5.12. The predicted octanol–water partition coefficient (Wildman–Crippen LogP) is 3.64. The number of pyridine rings is 1. The molecule has 8 heteroatoms. The van der Waals surface area contributed by atoms with Gasteiger partial charge in [0, 0.05) is 25.3 Å². The van der Waals surface area contributed by atoms with Gasteiger partial charge in [-0.05, 0) is 25.0 Å². The van der Waals surface area contributed by atoms with Crippen molar-refractivity contribution >= 4 is 22.3 Å². The Bertz CT molecular complexity index is 606. The fraction of sp³-hybridized carbons (Fsp3) is 0.429. The number of nitrogens with zero attached hydrogens (tertiary/aromatic N) is 3. The van der Waals surface area contributed by atoms with Crippen molar-refractivity contribution < 1.29 is 13.2 Å². The van der Waals surface area contributed by atoms with Crippen molar-refractivity contribution in [2.75, 3.05) is 23.3 Å². The van der Waals surface area contributed by atoms with E-state index in [1.165, 1.54) is 0 Å². The molecule has 1 N–H and O–H groups in total. The van der Waals surface area contributed by atoms with E-state index in [1.807, 2.05) is 18.2 Å². The maximum absolute atomic E-state index is 12.5. The molecular formula is C14H15F3N4S. The third-order valence-corrected chi connectivity index (χ3v) is 4.55. The maximum Gasteiger partial charge on any atom is 0.427 e. The molecule has 0 aromatic carbocycles. The van der Waals surface area contributed by atoms with E-state index in [4.69, 9.17) is 0 Å². The SMILES string of the molecule is FC(F)(F)c1cnc(NC2CCN(c3ccccn3)CC2)s1. The van der Waals surface area contributed by atoms with Crippen molar-refractivity contribution in [3.8, 4) is 0 Å². The first-order chi connectivity index (χ1) is 10.5. The first kappa shape index (κ1) is 15.1. The van der Waals surface area contributed by atoms with Crippen LogP contribution in [0, 0.1) is 0 Å². The predicted molar refractivity (Wildman–Crippen MR) is 80.2 cm³/mol. The Morgan fingerprint density at radius 3 is 2.55 bits per heavy atom. The highest BCUT2D eigenvalue weighted by Gasteiger charge is 2.33. The van der Waals surface area contributed by atoms with Crippen molar-refractivity contribution in [3.05, 3.63) is 35.5 Å².